The smallest absolute Gasteiger partial charge is 0.148 e. The third-order valence-corrected chi connectivity index (χ3v) is 5.71. The molecule has 0 saturated heterocycles. The molecule has 0 saturated carbocycles. The van der Waals surface area contributed by atoms with Gasteiger partial charge in [-0.2, -0.15) is 0 Å². The summed E-state index contributed by atoms with van der Waals surface area (Å²) in [5, 5.41) is 3.72. The Bertz CT molecular complexity index is 967. The lowest BCUT2D eigenvalue weighted by Crippen LogP contribution is -2.39. The first-order valence-electron chi connectivity index (χ1n) is 9.66. The van der Waals surface area contributed by atoms with Crippen LogP contribution in [0.2, 0.25) is 0 Å². The molecular weight excluding hydrogens is 330 g/mol. The average molecular weight is 353 g/mol. The number of allylic oxidation sites excluding steroid dienone is 4. The standard InChI is InChI=1S/C25H23NO/c1-17-9-5-6-15-22(17)26-23-16-8-14-21-20-13-7-12-19(24(20)27-25(21)23)18-10-3-2-4-11-18/h2-17,21-22,25-26H,1H3. The van der Waals surface area contributed by atoms with Crippen LogP contribution in [0.4, 0.5) is 0 Å². The maximum Gasteiger partial charge on any atom is 0.148 e. The number of rotatable bonds is 3. The number of nitrogens with one attached hydrogen (secondary N) is 1. The van der Waals surface area contributed by atoms with Crippen LogP contribution >= 0.6 is 0 Å². The average Bonchev–Trinajstić information content (AvgIpc) is 3.10. The molecule has 5 rings (SSSR count). The molecule has 1 N–H and O–H groups in total. The van der Waals surface area contributed by atoms with Crippen LogP contribution in [0.25, 0.3) is 11.1 Å². The summed E-state index contributed by atoms with van der Waals surface area (Å²) >= 11 is 0. The maximum absolute atomic E-state index is 6.56. The highest BCUT2D eigenvalue weighted by Crippen LogP contribution is 2.47. The van der Waals surface area contributed by atoms with Gasteiger partial charge < -0.3 is 10.1 Å². The molecule has 4 atom stereocenters. The van der Waals surface area contributed by atoms with Crippen LogP contribution in [0.1, 0.15) is 18.4 Å². The van der Waals surface area contributed by atoms with E-state index >= 15 is 0 Å². The van der Waals surface area contributed by atoms with E-state index in [9.17, 15) is 0 Å². The number of hydrogen-bond acceptors (Lipinski definition) is 2. The first kappa shape index (κ1) is 16.2. The van der Waals surface area contributed by atoms with Gasteiger partial charge in [0, 0.05) is 17.0 Å². The Labute approximate surface area is 160 Å². The summed E-state index contributed by atoms with van der Waals surface area (Å²) in [6.07, 6.45) is 15.3. The van der Waals surface area contributed by atoms with E-state index < -0.39 is 0 Å². The second-order valence-electron chi connectivity index (χ2n) is 7.46. The van der Waals surface area contributed by atoms with Crippen molar-refractivity contribution in [3.05, 3.63) is 102 Å². The Balaban J connectivity index is 1.47. The lowest BCUT2D eigenvalue weighted by atomic mass is 9.88. The number of para-hydroxylation sites is 1. The highest BCUT2D eigenvalue weighted by Gasteiger charge is 2.38. The second-order valence-corrected chi connectivity index (χ2v) is 7.46. The van der Waals surface area contributed by atoms with E-state index in [1.165, 1.54) is 16.7 Å². The number of fused-ring (bicyclic) bond motifs is 3. The summed E-state index contributed by atoms with van der Waals surface area (Å²) < 4.78 is 6.56. The van der Waals surface area contributed by atoms with Crippen LogP contribution < -0.4 is 10.1 Å². The van der Waals surface area contributed by atoms with E-state index in [1.54, 1.807) is 0 Å². The molecule has 2 aliphatic carbocycles. The first-order valence-corrected chi connectivity index (χ1v) is 9.66. The first-order chi connectivity index (χ1) is 13.3. The van der Waals surface area contributed by atoms with Crippen molar-refractivity contribution in [2.24, 2.45) is 5.92 Å². The van der Waals surface area contributed by atoms with Gasteiger partial charge in [0.05, 0.1) is 11.7 Å². The summed E-state index contributed by atoms with van der Waals surface area (Å²) in [5.74, 6) is 1.74. The predicted molar refractivity (Wildman–Crippen MR) is 111 cm³/mol. The highest BCUT2D eigenvalue weighted by molar-refractivity contribution is 5.74. The Hall–Kier alpha value is -3.00. The molecule has 1 aliphatic heterocycles. The molecule has 0 radical (unpaired) electrons. The van der Waals surface area contributed by atoms with Crippen molar-refractivity contribution < 1.29 is 4.74 Å². The van der Waals surface area contributed by atoms with E-state index in [2.05, 4.69) is 97.2 Å². The summed E-state index contributed by atoms with van der Waals surface area (Å²) in [5.41, 5.74) is 4.81. The topological polar surface area (TPSA) is 21.3 Å². The fourth-order valence-electron chi connectivity index (χ4n) is 4.21. The molecule has 134 valence electrons. The van der Waals surface area contributed by atoms with E-state index in [0.29, 0.717) is 12.0 Å². The molecule has 2 nitrogen and oxygen atoms in total. The molecule has 27 heavy (non-hydrogen) atoms. The Morgan fingerprint density at radius 3 is 2.56 bits per heavy atom. The largest absolute Gasteiger partial charge is 0.482 e. The third kappa shape index (κ3) is 2.82. The fraction of sp³-hybridized carbons (Fsp3) is 0.200. The zero-order valence-corrected chi connectivity index (χ0v) is 15.4. The highest BCUT2D eigenvalue weighted by atomic mass is 16.5. The maximum atomic E-state index is 6.56. The molecule has 0 aromatic heterocycles. The van der Waals surface area contributed by atoms with Crippen LogP contribution in [-0.4, -0.2) is 12.1 Å². The van der Waals surface area contributed by atoms with E-state index in [4.69, 9.17) is 4.74 Å². The monoisotopic (exact) mass is 353 g/mol. The van der Waals surface area contributed by atoms with E-state index in [1.807, 2.05) is 6.07 Å². The van der Waals surface area contributed by atoms with Gasteiger partial charge in [0.2, 0.25) is 0 Å². The van der Waals surface area contributed by atoms with E-state index in [-0.39, 0.29) is 12.0 Å². The second kappa shape index (κ2) is 6.62. The van der Waals surface area contributed by atoms with Gasteiger partial charge in [-0.1, -0.05) is 91.9 Å². The lowest BCUT2D eigenvalue weighted by molar-refractivity contribution is 0.242. The van der Waals surface area contributed by atoms with Gasteiger partial charge >= 0.3 is 0 Å². The van der Waals surface area contributed by atoms with Gasteiger partial charge in [-0.15, -0.1) is 0 Å². The normalized spacial score (nSPS) is 27.5. The molecule has 0 amide bonds. The predicted octanol–water partition coefficient (Wildman–Crippen LogP) is 5.37. The summed E-state index contributed by atoms with van der Waals surface area (Å²) in [6, 6.07) is 17.3. The zero-order chi connectivity index (χ0) is 18.2. The number of benzene rings is 2. The van der Waals surface area contributed by atoms with Crippen LogP contribution in [0.5, 0.6) is 5.75 Å². The molecule has 0 bridgehead atoms. The van der Waals surface area contributed by atoms with Crippen molar-refractivity contribution in [1.29, 1.82) is 0 Å². The minimum atomic E-state index is 0.0152. The van der Waals surface area contributed by atoms with Crippen LogP contribution in [0.15, 0.2) is 96.8 Å². The van der Waals surface area contributed by atoms with Gasteiger partial charge in [0.25, 0.3) is 0 Å². The van der Waals surface area contributed by atoms with E-state index in [0.717, 1.165) is 11.4 Å². The summed E-state index contributed by atoms with van der Waals surface area (Å²) in [6.45, 7) is 2.24. The Morgan fingerprint density at radius 1 is 0.852 bits per heavy atom. The van der Waals surface area contributed by atoms with Crippen LogP contribution in [0.3, 0.4) is 0 Å². The molecule has 2 aromatic rings. The minimum absolute atomic E-state index is 0.0152. The van der Waals surface area contributed by atoms with Gasteiger partial charge in [-0.25, -0.2) is 0 Å². The molecule has 1 heterocycles. The van der Waals surface area contributed by atoms with Gasteiger partial charge in [-0.05, 0) is 17.6 Å². The molecule has 2 heteroatoms. The van der Waals surface area contributed by atoms with Crippen molar-refractivity contribution >= 4 is 0 Å². The van der Waals surface area contributed by atoms with Crippen molar-refractivity contribution in [3.63, 3.8) is 0 Å². The van der Waals surface area contributed by atoms with Crippen molar-refractivity contribution in [1.82, 2.24) is 5.32 Å². The van der Waals surface area contributed by atoms with Crippen molar-refractivity contribution in [2.45, 2.75) is 25.0 Å². The van der Waals surface area contributed by atoms with Gasteiger partial charge in [0.1, 0.15) is 11.9 Å². The summed E-state index contributed by atoms with van der Waals surface area (Å²) in [7, 11) is 0. The fourth-order valence-corrected chi connectivity index (χ4v) is 4.21. The zero-order valence-electron chi connectivity index (χ0n) is 15.4. The molecule has 0 fully saturated rings. The van der Waals surface area contributed by atoms with Gasteiger partial charge in [0.15, 0.2) is 0 Å². The van der Waals surface area contributed by atoms with Crippen LogP contribution in [0, 0.1) is 5.92 Å². The Kier molecular flexibility index (Phi) is 3.97. The lowest BCUT2D eigenvalue weighted by Gasteiger charge is -2.30. The molecule has 3 aliphatic rings. The van der Waals surface area contributed by atoms with Crippen molar-refractivity contribution in [3.8, 4) is 16.9 Å². The summed E-state index contributed by atoms with van der Waals surface area (Å²) in [4.78, 5) is 0. The molecule has 2 aromatic carbocycles. The number of hydrogen-bond donors (Lipinski definition) is 1. The quantitative estimate of drug-likeness (QED) is 0.801. The van der Waals surface area contributed by atoms with Crippen molar-refractivity contribution in [2.75, 3.05) is 0 Å². The Morgan fingerprint density at radius 2 is 1.70 bits per heavy atom. The van der Waals surface area contributed by atoms with Gasteiger partial charge in [-0.3, -0.25) is 0 Å². The molecule has 0 spiro atoms. The molecule has 4 unspecified atom stereocenters. The SMILES string of the molecule is CC1C=CC=CC1NC1=CC=CC2c3cccc(-c4ccccc4)c3OC12. The molecular formula is C25H23NO. The van der Waals surface area contributed by atoms with Crippen LogP contribution in [-0.2, 0) is 0 Å². The minimum Gasteiger partial charge on any atom is -0.482 e. The number of ether oxygens (including phenoxy) is 1. The third-order valence-electron chi connectivity index (χ3n) is 5.71.